The lowest BCUT2D eigenvalue weighted by Crippen LogP contribution is -2.48. The van der Waals surface area contributed by atoms with Gasteiger partial charge in [0.05, 0.1) is 25.7 Å². The number of amides is 2. The van der Waals surface area contributed by atoms with Gasteiger partial charge >= 0.3 is 6.09 Å². The summed E-state index contributed by atoms with van der Waals surface area (Å²) in [5.41, 5.74) is 8.87. The van der Waals surface area contributed by atoms with Gasteiger partial charge in [0.2, 0.25) is 15.9 Å². The second kappa shape index (κ2) is 16.8. The molecule has 0 spiro atoms. The van der Waals surface area contributed by atoms with Crippen LogP contribution >= 0.6 is 0 Å². The van der Waals surface area contributed by atoms with Gasteiger partial charge in [0.25, 0.3) is 0 Å². The predicted octanol–water partition coefficient (Wildman–Crippen LogP) is 3.82. The highest BCUT2D eigenvalue weighted by molar-refractivity contribution is 7.89. The molecule has 0 saturated heterocycles. The first-order valence-electron chi connectivity index (χ1n) is 14.8. The van der Waals surface area contributed by atoms with E-state index in [9.17, 15) is 23.1 Å². The van der Waals surface area contributed by atoms with Gasteiger partial charge in [0.15, 0.2) is 0 Å². The van der Waals surface area contributed by atoms with E-state index in [1.807, 2.05) is 62.4 Å². The van der Waals surface area contributed by atoms with Crippen molar-refractivity contribution < 1.29 is 32.6 Å². The van der Waals surface area contributed by atoms with Gasteiger partial charge < -0.3 is 30.9 Å². The maximum atomic E-state index is 13.5. The first-order valence-corrected chi connectivity index (χ1v) is 16.3. The summed E-state index contributed by atoms with van der Waals surface area (Å²) in [6.45, 7) is 3.83. The molecule has 0 aromatic heterocycles. The average molecular weight is 641 g/mol. The summed E-state index contributed by atoms with van der Waals surface area (Å²) in [7, 11) is -1.09. The number of hydrogen-bond donors (Lipinski definition) is 4. The molecule has 12 heteroatoms. The number of hydrogen-bond acceptors (Lipinski definition) is 8. The molecule has 0 unspecified atom stereocenters. The number of nitrogens with zero attached hydrogens (tertiary/aromatic N) is 1. The van der Waals surface area contributed by atoms with Gasteiger partial charge in [0.1, 0.15) is 11.8 Å². The molecule has 0 aliphatic carbocycles. The molecule has 2 atom stereocenters. The van der Waals surface area contributed by atoms with E-state index in [1.54, 1.807) is 7.11 Å². The Morgan fingerprint density at radius 3 is 2.24 bits per heavy atom. The van der Waals surface area contributed by atoms with Gasteiger partial charge in [-0.15, -0.1) is 0 Å². The average Bonchev–Trinajstić information content (AvgIpc) is 3.03. The molecule has 0 saturated carbocycles. The minimum absolute atomic E-state index is 0.00764. The number of rotatable bonds is 16. The Kier molecular flexibility index (Phi) is 13.2. The third-order valence-electron chi connectivity index (χ3n) is 7.30. The highest BCUT2D eigenvalue weighted by Crippen LogP contribution is 2.27. The normalized spacial score (nSPS) is 12.9. The molecule has 5 N–H and O–H groups in total. The van der Waals surface area contributed by atoms with Gasteiger partial charge in [-0.1, -0.05) is 50.2 Å². The van der Waals surface area contributed by atoms with Crippen molar-refractivity contribution in [1.29, 1.82) is 0 Å². The minimum Gasteiger partial charge on any atom is -0.497 e. The van der Waals surface area contributed by atoms with E-state index in [4.69, 9.17) is 15.2 Å². The first kappa shape index (κ1) is 35.4. The highest BCUT2D eigenvalue weighted by Gasteiger charge is 2.32. The summed E-state index contributed by atoms with van der Waals surface area (Å²) >= 11 is 0. The number of benzene rings is 3. The third kappa shape index (κ3) is 9.93. The number of alkyl carbamates (subject to hydrolysis) is 1. The predicted molar refractivity (Wildman–Crippen MR) is 174 cm³/mol. The zero-order valence-corrected chi connectivity index (χ0v) is 27.0. The maximum absolute atomic E-state index is 13.5. The molecule has 11 nitrogen and oxygen atoms in total. The molecule has 3 rings (SSSR count). The molecule has 0 radical (unpaired) electrons. The van der Waals surface area contributed by atoms with E-state index >= 15 is 0 Å². The van der Waals surface area contributed by atoms with Crippen LogP contribution < -0.4 is 21.1 Å². The van der Waals surface area contributed by atoms with Gasteiger partial charge in [-0.3, -0.25) is 4.79 Å². The first-order chi connectivity index (χ1) is 21.5. The number of nitrogens with two attached hydrogens (primary N) is 1. The van der Waals surface area contributed by atoms with Crippen molar-refractivity contribution in [2.24, 2.45) is 5.92 Å². The molecule has 3 aromatic carbocycles. The number of nitrogen functional groups attached to an aromatic ring is 1. The standard InChI is InChI=1S/C33H44N4O7S/c1-23(2)21-37(45(41,42)29-17-13-26(34)14-18-29)27(22-38)9-7-19-35-32(39)31(36-33(40)44-4)20-25-8-5-6-10-30(25)24-11-15-28(43-3)16-12-24/h5-6,8,10-18,23,27,31,38H,7,9,19-22,34H2,1-4H3,(H,35,39)(H,36,40)/t27-,31-/m0/s1. The van der Waals surface area contributed by atoms with Crippen LogP contribution in [0.15, 0.2) is 77.7 Å². The van der Waals surface area contributed by atoms with E-state index in [1.165, 1.54) is 35.7 Å². The number of methoxy groups -OCH3 is 2. The van der Waals surface area contributed by atoms with Crippen molar-refractivity contribution in [2.45, 2.75) is 50.1 Å². The van der Waals surface area contributed by atoms with E-state index < -0.39 is 34.1 Å². The summed E-state index contributed by atoms with van der Waals surface area (Å²) in [6.07, 6.45) is 0.142. The lowest BCUT2D eigenvalue weighted by atomic mass is 9.94. The van der Waals surface area contributed by atoms with E-state index in [2.05, 4.69) is 10.6 Å². The van der Waals surface area contributed by atoms with Crippen molar-refractivity contribution in [1.82, 2.24) is 14.9 Å². The fraction of sp³-hybridized carbons (Fsp3) is 0.394. The van der Waals surface area contributed by atoms with Gasteiger partial charge in [-0.05, 0) is 71.8 Å². The molecular formula is C33H44N4O7S. The fourth-order valence-corrected chi connectivity index (χ4v) is 6.77. The largest absolute Gasteiger partial charge is 0.497 e. The molecule has 3 aromatic rings. The highest BCUT2D eigenvalue weighted by atomic mass is 32.2. The number of aliphatic hydroxyl groups is 1. The van der Waals surface area contributed by atoms with Crippen LogP contribution in [0.25, 0.3) is 11.1 Å². The Labute approximate surface area is 265 Å². The lowest BCUT2D eigenvalue weighted by molar-refractivity contribution is -0.123. The third-order valence-corrected chi connectivity index (χ3v) is 9.23. The van der Waals surface area contributed by atoms with Crippen LogP contribution in [0, 0.1) is 5.92 Å². The van der Waals surface area contributed by atoms with Crippen molar-refractivity contribution in [3.8, 4) is 16.9 Å². The van der Waals surface area contributed by atoms with Crippen LogP contribution in [0.5, 0.6) is 5.75 Å². The number of anilines is 1. The van der Waals surface area contributed by atoms with E-state index in [0.29, 0.717) is 18.5 Å². The van der Waals surface area contributed by atoms with Crippen LogP contribution in [-0.2, 0) is 26.0 Å². The number of aliphatic hydroxyl groups excluding tert-OH is 1. The molecule has 0 heterocycles. The van der Waals surface area contributed by atoms with Gasteiger partial charge in [0, 0.05) is 31.2 Å². The minimum atomic E-state index is -3.91. The summed E-state index contributed by atoms with van der Waals surface area (Å²) in [5, 5.41) is 15.7. The molecule has 2 amide bonds. The zero-order valence-electron chi connectivity index (χ0n) is 26.2. The van der Waals surface area contributed by atoms with Crippen molar-refractivity contribution in [3.63, 3.8) is 0 Å². The van der Waals surface area contributed by atoms with Crippen molar-refractivity contribution >= 4 is 27.7 Å². The number of sulfonamides is 1. The number of ether oxygens (including phenoxy) is 2. The summed E-state index contributed by atoms with van der Waals surface area (Å²) in [4.78, 5) is 25.6. The molecular weight excluding hydrogens is 596 g/mol. The summed E-state index contributed by atoms with van der Waals surface area (Å²) < 4.78 is 38.4. The zero-order chi connectivity index (χ0) is 33.0. The smallest absolute Gasteiger partial charge is 0.407 e. The van der Waals surface area contributed by atoms with E-state index in [0.717, 1.165) is 22.4 Å². The van der Waals surface area contributed by atoms with Crippen molar-refractivity contribution in [3.05, 3.63) is 78.4 Å². The Bertz CT molecular complexity index is 1500. The SMILES string of the molecule is COC(=O)N[C@@H](Cc1ccccc1-c1ccc(OC)cc1)C(=O)NCCC[C@@H](CO)N(CC(C)C)S(=O)(=O)c1ccc(N)cc1. The van der Waals surface area contributed by atoms with Crippen LogP contribution in [0.3, 0.4) is 0 Å². The van der Waals surface area contributed by atoms with Gasteiger partial charge in [-0.25, -0.2) is 13.2 Å². The summed E-state index contributed by atoms with van der Waals surface area (Å²) in [5.74, 6) is 0.312. The van der Waals surface area contributed by atoms with Crippen LogP contribution in [0.4, 0.5) is 10.5 Å². The molecule has 0 aliphatic heterocycles. The number of nitrogens with one attached hydrogen (secondary N) is 2. The molecule has 45 heavy (non-hydrogen) atoms. The quantitative estimate of drug-likeness (QED) is 0.136. The Morgan fingerprint density at radius 2 is 1.64 bits per heavy atom. The maximum Gasteiger partial charge on any atom is 0.407 e. The second-order valence-electron chi connectivity index (χ2n) is 11.1. The molecule has 0 aliphatic rings. The molecule has 244 valence electrons. The van der Waals surface area contributed by atoms with Crippen LogP contribution in [-0.4, -0.2) is 75.8 Å². The van der Waals surface area contributed by atoms with E-state index in [-0.39, 0.29) is 36.9 Å². The van der Waals surface area contributed by atoms with Gasteiger partial charge in [-0.2, -0.15) is 4.31 Å². The summed E-state index contributed by atoms with van der Waals surface area (Å²) in [6, 6.07) is 19.5. The Hall–Kier alpha value is -4.13. The Balaban J connectivity index is 1.71. The monoisotopic (exact) mass is 640 g/mol. The van der Waals surface area contributed by atoms with Crippen LogP contribution in [0.1, 0.15) is 32.3 Å². The number of carbonyl (C=O) groups excluding carboxylic acids is 2. The van der Waals surface area contributed by atoms with Crippen LogP contribution in [0.2, 0.25) is 0 Å². The lowest BCUT2D eigenvalue weighted by Gasteiger charge is -2.31. The number of carbonyl (C=O) groups is 2. The molecule has 0 fully saturated rings. The van der Waals surface area contributed by atoms with Crippen molar-refractivity contribution in [2.75, 3.05) is 39.6 Å². The topological polar surface area (TPSA) is 160 Å². The second-order valence-corrected chi connectivity index (χ2v) is 13.0. The molecule has 0 bridgehead atoms. The fourth-order valence-electron chi connectivity index (χ4n) is 4.96. The Morgan fingerprint density at radius 1 is 0.978 bits per heavy atom.